The number of hydrogen-bond donors (Lipinski definition) is 1. The van der Waals surface area contributed by atoms with Crippen LogP contribution in [0.2, 0.25) is 0 Å². The van der Waals surface area contributed by atoms with Crippen molar-refractivity contribution >= 4 is 12.4 Å². The van der Waals surface area contributed by atoms with Crippen LogP contribution in [0.1, 0.15) is 31.4 Å². The lowest BCUT2D eigenvalue weighted by Gasteiger charge is -2.37. The van der Waals surface area contributed by atoms with Gasteiger partial charge in [0.25, 0.3) is 0 Å². The molecule has 0 amide bonds. The SMILES string of the molecule is CNC1Cc2ccc(OC)cc2C(C)(C)C1.Cl. The minimum absolute atomic E-state index is 0. The fraction of sp³-hybridized carbons (Fsp3) is 0.571. The fourth-order valence-corrected chi connectivity index (χ4v) is 2.76. The first-order valence-corrected chi connectivity index (χ1v) is 5.91. The van der Waals surface area contributed by atoms with Crippen molar-refractivity contribution in [1.82, 2.24) is 5.32 Å². The third-order valence-corrected chi connectivity index (χ3v) is 3.68. The summed E-state index contributed by atoms with van der Waals surface area (Å²) >= 11 is 0. The van der Waals surface area contributed by atoms with Crippen molar-refractivity contribution in [1.29, 1.82) is 0 Å². The van der Waals surface area contributed by atoms with E-state index < -0.39 is 0 Å². The maximum atomic E-state index is 5.31. The van der Waals surface area contributed by atoms with E-state index >= 15 is 0 Å². The Morgan fingerprint density at radius 3 is 2.65 bits per heavy atom. The predicted octanol–water partition coefficient (Wildman–Crippen LogP) is 2.93. The van der Waals surface area contributed by atoms with Crippen LogP contribution in [0.15, 0.2) is 18.2 Å². The van der Waals surface area contributed by atoms with Gasteiger partial charge >= 0.3 is 0 Å². The molecule has 0 aliphatic heterocycles. The highest BCUT2D eigenvalue weighted by Crippen LogP contribution is 2.38. The summed E-state index contributed by atoms with van der Waals surface area (Å²) in [5.41, 5.74) is 3.13. The highest BCUT2D eigenvalue weighted by Gasteiger charge is 2.32. The maximum Gasteiger partial charge on any atom is 0.119 e. The summed E-state index contributed by atoms with van der Waals surface area (Å²) in [6.07, 6.45) is 2.31. The predicted molar refractivity (Wildman–Crippen MR) is 74.4 cm³/mol. The molecule has 0 bridgehead atoms. The maximum absolute atomic E-state index is 5.31. The molecule has 1 N–H and O–H groups in total. The van der Waals surface area contributed by atoms with Crippen molar-refractivity contribution in [3.63, 3.8) is 0 Å². The number of fused-ring (bicyclic) bond motifs is 1. The van der Waals surface area contributed by atoms with Gasteiger partial charge in [0.05, 0.1) is 7.11 Å². The monoisotopic (exact) mass is 255 g/mol. The van der Waals surface area contributed by atoms with Crippen LogP contribution in [-0.2, 0) is 11.8 Å². The van der Waals surface area contributed by atoms with Gasteiger partial charge in [-0.05, 0) is 48.6 Å². The molecule has 0 aromatic heterocycles. The van der Waals surface area contributed by atoms with Gasteiger partial charge in [0.2, 0.25) is 0 Å². The molecule has 0 saturated carbocycles. The first-order valence-electron chi connectivity index (χ1n) is 5.91. The summed E-state index contributed by atoms with van der Waals surface area (Å²) in [4.78, 5) is 0. The standard InChI is InChI=1S/C14H21NO.ClH/c1-14(2)9-11(15-3)7-10-5-6-12(16-4)8-13(10)14;/h5-6,8,11,15H,7,9H2,1-4H3;1H. The summed E-state index contributed by atoms with van der Waals surface area (Å²) in [6, 6.07) is 7.06. The van der Waals surface area contributed by atoms with E-state index in [1.807, 2.05) is 0 Å². The molecule has 17 heavy (non-hydrogen) atoms. The molecule has 0 radical (unpaired) electrons. The van der Waals surface area contributed by atoms with E-state index in [9.17, 15) is 0 Å². The molecule has 0 fully saturated rings. The largest absolute Gasteiger partial charge is 0.497 e. The van der Waals surface area contributed by atoms with Crippen LogP contribution in [0.5, 0.6) is 5.75 Å². The number of methoxy groups -OCH3 is 1. The van der Waals surface area contributed by atoms with Gasteiger partial charge in [-0.2, -0.15) is 0 Å². The molecule has 3 heteroatoms. The third kappa shape index (κ3) is 2.75. The second-order valence-electron chi connectivity index (χ2n) is 5.30. The van der Waals surface area contributed by atoms with Gasteiger partial charge in [-0.15, -0.1) is 12.4 Å². The van der Waals surface area contributed by atoms with Gasteiger partial charge < -0.3 is 10.1 Å². The zero-order valence-electron chi connectivity index (χ0n) is 11.0. The molecule has 0 spiro atoms. The van der Waals surface area contributed by atoms with Crippen LogP contribution in [0.3, 0.4) is 0 Å². The molecule has 0 heterocycles. The van der Waals surface area contributed by atoms with Crippen molar-refractivity contribution in [2.75, 3.05) is 14.2 Å². The minimum atomic E-state index is 0. The molecule has 1 unspecified atom stereocenters. The topological polar surface area (TPSA) is 21.3 Å². The molecule has 1 atom stereocenters. The number of halogens is 1. The lowest BCUT2D eigenvalue weighted by Crippen LogP contribution is -2.39. The Balaban J connectivity index is 0.00000144. The van der Waals surface area contributed by atoms with E-state index in [0.29, 0.717) is 6.04 Å². The summed E-state index contributed by atoms with van der Waals surface area (Å²) in [5, 5.41) is 3.40. The molecule has 1 aliphatic rings. The Hall–Kier alpha value is -0.730. The molecule has 1 aromatic rings. The van der Waals surface area contributed by atoms with Crippen molar-refractivity contribution < 1.29 is 4.74 Å². The third-order valence-electron chi connectivity index (χ3n) is 3.68. The van der Waals surface area contributed by atoms with Crippen molar-refractivity contribution in [2.24, 2.45) is 0 Å². The molecular weight excluding hydrogens is 234 g/mol. The van der Waals surface area contributed by atoms with Gasteiger partial charge in [-0.25, -0.2) is 0 Å². The Bertz CT molecular complexity index is 390. The van der Waals surface area contributed by atoms with Crippen LogP contribution in [0.4, 0.5) is 0 Å². The van der Waals surface area contributed by atoms with Crippen LogP contribution in [-0.4, -0.2) is 20.2 Å². The van der Waals surface area contributed by atoms with Gasteiger partial charge in [0.1, 0.15) is 5.75 Å². The zero-order valence-corrected chi connectivity index (χ0v) is 11.9. The van der Waals surface area contributed by atoms with Gasteiger partial charge in [0, 0.05) is 6.04 Å². The Labute approximate surface area is 110 Å². The summed E-state index contributed by atoms with van der Waals surface area (Å²) in [6.45, 7) is 4.63. The van der Waals surface area contributed by atoms with Crippen LogP contribution >= 0.6 is 12.4 Å². The van der Waals surface area contributed by atoms with E-state index in [1.165, 1.54) is 17.5 Å². The molecule has 2 rings (SSSR count). The Morgan fingerprint density at radius 1 is 1.35 bits per heavy atom. The number of likely N-dealkylation sites (N-methyl/N-ethyl adjacent to an activating group) is 1. The van der Waals surface area contributed by atoms with Gasteiger partial charge in [0.15, 0.2) is 0 Å². The molecule has 1 aliphatic carbocycles. The van der Waals surface area contributed by atoms with Crippen LogP contribution in [0.25, 0.3) is 0 Å². The first-order chi connectivity index (χ1) is 7.56. The van der Waals surface area contributed by atoms with Crippen molar-refractivity contribution in [2.45, 2.75) is 38.1 Å². The highest BCUT2D eigenvalue weighted by molar-refractivity contribution is 5.85. The average molecular weight is 256 g/mol. The zero-order chi connectivity index (χ0) is 11.8. The van der Waals surface area contributed by atoms with Crippen molar-refractivity contribution in [3.05, 3.63) is 29.3 Å². The first kappa shape index (κ1) is 14.3. The number of nitrogens with one attached hydrogen (secondary N) is 1. The van der Waals surface area contributed by atoms with Gasteiger partial charge in [-0.3, -0.25) is 0 Å². The lowest BCUT2D eigenvalue weighted by atomic mass is 9.71. The fourth-order valence-electron chi connectivity index (χ4n) is 2.76. The van der Waals surface area contributed by atoms with Crippen molar-refractivity contribution in [3.8, 4) is 5.75 Å². The van der Waals surface area contributed by atoms with Crippen LogP contribution < -0.4 is 10.1 Å². The molecule has 1 aromatic carbocycles. The number of rotatable bonds is 2. The number of benzene rings is 1. The molecular formula is C14H22ClNO. The quantitative estimate of drug-likeness (QED) is 0.878. The second kappa shape index (κ2) is 5.28. The summed E-state index contributed by atoms with van der Waals surface area (Å²) in [7, 11) is 3.78. The minimum Gasteiger partial charge on any atom is -0.497 e. The van der Waals surface area contributed by atoms with Gasteiger partial charge in [-0.1, -0.05) is 19.9 Å². The lowest BCUT2D eigenvalue weighted by molar-refractivity contribution is 0.353. The van der Waals surface area contributed by atoms with E-state index in [2.05, 4.69) is 44.4 Å². The summed E-state index contributed by atoms with van der Waals surface area (Å²) < 4.78 is 5.31. The van der Waals surface area contributed by atoms with E-state index in [-0.39, 0.29) is 17.8 Å². The number of hydrogen-bond acceptors (Lipinski definition) is 2. The molecule has 0 saturated heterocycles. The smallest absolute Gasteiger partial charge is 0.119 e. The van der Waals surface area contributed by atoms with E-state index in [1.54, 1.807) is 7.11 Å². The molecule has 2 nitrogen and oxygen atoms in total. The Kier molecular flexibility index (Phi) is 4.45. The van der Waals surface area contributed by atoms with E-state index in [4.69, 9.17) is 4.74 Å². The average Bonchev–Trinajstić information content (AvgIpc) is 2.27. The Morgan fingerprint density at radius 2 is 2.06 bits per heavy atom. The normalized spacial score (nSPS) is 21.3. The summed E-state index contributed by atoms with van der Waals surface area (Å²) in [5.74, 6) is 0.967. The number of ether oxygens (including phenoxy) is 1. The van der Waals surface area contributed by atoms with E-state index in [0.717, 1.165) is 12.2 Å². The molecule has 96 valence electrons. The highest BCUT2D eigenvalue weighted by atomic mass is 35.5. The second-order valence-corrected chi connectivity index (χ2v) is 5.30. The van der Waals surface area contributed by atoms with Crippen LogP contribution in [0, 0.1) is 0 Å².